The number of ether oxygens (including phenoxy) is 1. The molecule has 0 N–H and O–H groups in total. The van der Waals surface area contributed by atoms with Crippen molar-refractivity contribution in [2.45, 2.75) is 17.9 Å². The number of carbonyl (C=O) groups excluding carboxylic acids is 3. The molecule has 0 aliphatic rings. The summed E-state index contributed by atoms with van der Waals surface area (Å²) in [5.41, 5.74) is 1.34. The van der Waals surface area contributed by atoms with Crippen LogP contribution in [0.3, 0.4) is 0 Å². The van der Waals surface area contributed by atoms with Crippen molar-refractivity contribution >= 4 is 29.5 Å². The molecule has 7 heteroatoms. The Hall–Kier alpha value is -2.80. The van der Waals surface area contributed by atoms with Gasteiger partial charge in [0.25, 0.3) is 5.91 Å². The number of nitrogens with zero attached hydrogens (tertiary/aromatic N) is 2. The highest BCUT2D eigenvalue weighted by Crippen LogP contribution is 2.24. The fourth-order valence-corrected chi connectivity index (χ4v) is 3.53. The van der Waals surface area contributed by atoms with E-state index in [4.69, 9.17) is 4.74 Å². The molecule has 29 heavy (non-hydrogen) atoms. The van der Waals surface area contributed by atoms with Crippen LogP contribution in [-0.4, -0.2) is 61.1 Å². The molecule has 0 aliphatic heterocycles. The average molecular weight is 415 g/mol. The van der Waals surface area contributed by atoms with Gasteiger partial charge in [0, 0.05) is 26.0 Å². The molecule has 0 aliphatic carbocycles. The van der Waals surface area contributed by atoms with Gasteiger partial charge in [0.15, 0.2) is 6.61 Å². The van der Waals surface area contributed by atoms with Crippen molar-refractivity contribution in [3.05, 3.63) is 65.7 Å². The van der Waals surface area contributed by atoms with Gasteiger partial charge in [0.2, 0.25) is 5.91 Å². The molecule has 0 spiro atoms. The van der Waals surface area contributed by atoms with Crippen LogP contribution in [0.4, 0.5) is 0 Å². The first-order valence-corrected chi connectivity index (χ1v) is 10.2. The molecule has 0 fully saturated rings. The van der Waals surface area contributed by atoms with Crippen LogP contribution < -0.4 is 0 Å². The third kappa shape index (κ3) is 6.35. The van der Waals surface area contributed by atoms with Crippen molar-refractivity contribution in [3.63, 3.8) is 0 Å². The van der Waals surface area contributed by atoms with E-state index in [2.05, 4.69) is 0 Å². The number of thioether (sulfide) groups is 1. The molecule has 0 saturated carbocycles. The van der Waals surface area contributed by atoms with E-state index in [9.17, 15) is 14.4 Å². The maximum absolute atomic E-state index is 12.5. The number of carbonyl (C=O) groups is 3. The van der Waals surface area contributed by atoms with Crippen LogP contribution in [0.1, 0.15) is 28.9 Å². The van der Waals surface area contributed by atoms with Crippen molar-refractivity contribution in [3.8, 4) is 0 Å². The van der Waals surface area contributed by atoms with Crippen LogP contribution in [-0.2, 0) is 14.3 Å². The summed E-state index contributed by atoms with van der Waals surface area (Å²) in [6, 6.07) is 16.4. The Morgan fingerprint density at radius 3 is 2.21 bits per heavy atom. The summed E-state index contributed by atoms with van der Waals surface area (Å²) in [7, 11) is 5.05. The van der Waals surface area contributed by atoms with E-state index in [1.165, 1.54) is 16.7 Å². The summed E-state index contributed by atoms with van der Waals surface area (Å²) < 4.78 is 5.25. The molecule has 0 radical (unpaired) electrons. The Balaban J connectivity index is 1.96. The third-order valence-corrected chi connectivity index (χ3v) is 5.60. The predicted octanol–water partition coefficient (Wildman–Crippen LogP) is 3.24. The van der Waals surface area contributed by atoms with Gasteiger partial charge < -0.3 is 14.5 Å². The van der Waals surface area contributed by atoms with E-state index in [1.807, 2.05) is 37.3 Å². The molecule has 1 atom stereocenters. The second-order valence-electron chi connectivity index (χ2n) is 6.74. The van der Waals surface area contributed by atoms with Crippen molar-refractivity contribution in [2.24, 2.45) is 0 Å². The standard InChI is InChI=1S/C22H26N2O4S/c1-16(17-10-6-5-7-11-17)24(4)20(25)14-28-22(27)18-12-8-9-13-19(18)29-15-21(26)23(2)3/h5-13,16H,14-15H2,1-4H3/t16-/m1/s1. The zero-order valence-electron chi connectivity index (χ0n) is 17.1. The van der Waals surface area contributed by atoms with E-state index in [0.717, 1.165) is 5.56 Å². The first kappa shape index (κ1) is 22.5. The van der Waals surface area contributed by atoms with Gasteiger partial charge in [-0.1, -0.05) is 42.5 Å². The zero-order chi connectivity index (χ0) is 21.4. The van der Waals surface area contributed by atoms with Crippen LogP contribution in [0, 0.1) is 0 Å². The second kappa shape index (κ2) is 10.7. The summed E-state index contributed by atoms with van der Waals surface area (Å²) in [6.45, 7) is 1.57. The van der Waals surface area contributed by atoms with Gasteiger partial charge in [-0.25, -0.2) is 4.79 Å². The van der Waals surface area contributed by atoms with Gasteiger partial charge in [0.1, 0.15) is 0 Å². The molecular formula is C22H26N2O4S. The fraction of sp³-hybridized carbons (Fsp3) is 0.318. The Morgan fingerprint density at radius 1 is 0.931 bits per heavy atom. The Bertz CT molecular complexity index is 855. The maximum atomic E-state index is 12.5. The number of esters is 1. The molecule has 2 rings (SSSR count). The van der Waals surface area contributed by atoms with Crippen molar-refractivity contribution in [1.82, 2.24) is 9.80 Å². The molecule has 0 unspecified atom stereocenters. The van der Waals surface area contributed by atoms with Gasteiger partial charge in [-0.15, -0.1) is 11.8 Å². The Labute approximate surface area is 175 Å². The number of hydrogen-bond acceptors (Lipinski definition) is 5. The lowest BCUT2D eigenvalue weighted by Crippen LogP contribution is -2.33. The van der Waals surface area contributed by atoms with Gasteiger partial charge >= 0.3 is 5.97 Å². The largest absolute Gasteiger partial charge is 0.452 e. The minimum Gasteiger partial charge on any atom is -0.452 e. The minimum atomic E-state index is -0.584. The van der Waals surface area contributed by atoms with Crippen LogP contribution in [0.2, 0.25) is 0 Å². The van der Waals surface area contributed by atoms with Gasteiger partial charge in [-0.05, 0) is 24.6 Å². The molecule has 154 valence electrons. The summed E-state index contributed by atoms with van der Waals surface area (Å²) >= 11 is 1.27. The topological polar surface area (TPSA) is 66.9 Å². The highest BCUT2D eigenvalue weighted by atomic mass is 32.2. The SMILES string of the molecule is C[C@H](c1ccccc1)N(C)C(=O)COC(=O)c1ccccc1SCC(=O)N(C)C. The lowest BCUT2D eigenvalue weighted by Gasteiger charge is -2.25. The number of rotatable bonds is 8. The summed E-state index contributed by atoms with van der Waals surface area (Å²) in [6.07, 6.45) is 0. The smallest absolute Gasteiger partial charge is 0.339 e. The minimum absolute atomic E-state index is 0.0510. The molecule has 2 amide bonds. The molecular weight excluding hydrogens is 388 g/mol. The normalized spacial score (nSPS) is 11.4. The van der Waals surface area contributed by atoms with Crippen molar-refractivity contribution in [2.75, 3.05) is 33.5 Å². The van der Waals surface area contributed by atoms with E-state index in [1.54, 1.807) is 50.3 Å². The van der Waals surface area contributed by atoms with Crippen molar-refractivity contribution in [1.29, 1.82) is 0 Å². The highest BCUT2D eigenvalue weighted by molar-refractivity contribution is 8.00. The Morgan fingerprint density at radius 2 is 1.55 bits per heavy atom. The number of amides is 2. The second-order valence-corrected chi connectivity index (χ2v) is 7.76. The van der Waals surface area contributed by atoms with Crippen LogP contribution in [0.25, 0.3) is 0 Å². The third-order valence-electron chi connectivity index (χ3n) is 4.54. The molecule has 0 bridgehead atoms. The molecule has 6 nitrogen and oxygen atoms in total. The number of hydrogen-bond donors (Lipinski definition) is 0. The summed E-state index contributed by atoms with van der Waals surface area (Å²) in [4.78, 5) is 40.5. The lowest BCUT2D eigenvalue weighted by molar-refractivity contribution is -0.135. The van der Waals surface area contributed by atoms with E-state index in [-0.39, 0.29) is 30.2 Å². The quantitative estimate of drug-likeness (QED) is 0.490. The van der Waals surface area contributed by atoms with E-state index < -0.39 is 5.97 Å². The monoisotopic (exact) mass is 414 g/mol. The van der Waals surface area contributed by atoms with Gasteiger partial charge in [0.05, 0.1) is 17.4 Å². The lowest BCUT2D eigenvalue weighted by atomic mass is 10.1. The summed E-state index contributed by atoms with van der Waals surface area (Å²) in [5.74, 6) is -0.708. The molecule has 2 aromatic carbocycles. The van der Waals surface area contributed by atoms with E-state index >= 15 is 0 Å². The zero-order valence-corrected chi connectivity index (χ0v) is 17.9. The van der Waals surface area contributed by atoms with Crippen LogP contribution in [0.15, 0.2) is 59.5 Å². The fourth-order valence-electron chi connectivity index (χ4n) is 2.51. The van der Waals surface area contributed by atoms with Crippen LogP contribution >= 0.6 is 11.8 Å². The highest BCUT2D eigenvalue weighted by Gasteiger charge is 2.20. The summed E-state index contributed by atoms with van der Waals surface area (Å²) in [5, 5.41) is 0. The molecule has 0 aromatic heterocycles. The predicted molar refractivity (Wildman–Crippen MR) is 114 cm³/mol. The van der Waals surface area contributed by atoms with Crippen molar-refractivity contribution < 1.29 is 19.1 Å². The van der Waals surface area contributed by atoms with Gasteiger partial charge in [-0.2, -0.15) is 0 Å². The first-order chi connectivity index (χ1) is 13.8. The molecule has 0 heterocycles. The molecule has 2 aromatic rings. The Kier molecular flexibility index (Phi) is 8.27. The first-order valence-electron chi connectivity index (χ1n) is 9.21. The average Bonchev–Trinajstić information content (AvgIpc) is 2.75. The maximum Gasteiger partial charge on any atom is 0.339 e. The number of likely N-dealkylation sites (N-methyl/N-ethyl adjacent to an activating group) is 1. The number of benzene rings is 2. The van der Waals surface area contributed by atoms with E-state index in [0.29, 0.717) is 10.5 Å². The van der Waals surface area contributed by atoms with Crippen LogP contribution in [0.5, 0.6) is 0 Å². The molecule has 0 saturated heterocycles. The van der Waals surface area contributed by atoms with Gasteiger partial charge in [-0.3, -0.25) is 9.59 Å².